The molecule has 1 aliphatic rings. The Morgan fingerprint density at radius 2 is 1.95 bits per heavy atom. The van der Waals surface area contributed by atoms with Crippen molar-refractivity contribution in [2.45, 2.75) is 58.7 Å². The van der Waals surface area contributed by atoms with Crippen LogP contribution in [0.15, 0.2) is 30.5 Å². The summed E-state index contributed by atoms with van der Waals surface area (Å²) in [6.45, 7) is 8.31. The van der Waals surface area contributed by atoms with Gasteiger partial charge in [-0.3, -0.25) is 4.68 Å². The molecule has 0 atom stereocenters. The van der Waals surface area contributed by atoms with Crippen molar-refractivity contribution in [3.8, 4) is 0 Å². The van der Waals surface area contributed by atoms with E-state index in [4.69, 9.17) is 0 Å². The fraction of sp³-hybridized carbons (Fsp3) is 0.500. The fourth-order valence-corrected chi connectivity index (χ4v) is 2.71. The van der Waals surface area contributed by atoms with Crippen LogP contribution in [0.5, 0.6) is 0 Å². The lowest BCUT2D eigenvalue weighted by Crippen LogP contribution is -2.22. The van der Waals surface area contributed by atoms with Crippen LogP contribution in [0.25, 0.3) is 0 Å². The molecule has 1 saturated carbocycles. The first-order valence-electron chi connectivity index (χ1n) is 7.97. The van der Waals surface area contributed by atoms with Crippen molar-refractivity contribution in [3.05, 3.63) is 52.8 Å². The highest BCUT2D eigenvalue weighted by Gasteiger charge is 2.30. The van der Waals surface area contributed by atoms with Crippen LogP contribution < -0.4 is 5.32 Å². The summed E-state index contributed by atoms with van der Waals surface area (Å²) in [6, 6.07) is 9.28. The molecule has 3 heteroatoms. The highest BCUT2D eigenvalue weighted by molar-refractivity contribution is 5.28. The van der Waals surface area contributed by atoms with Crippen LogP contribution in [0.4, 0.5) is 0 Å². The predicted molar refractivity (Wildman–Crippen MR) is 86.5 cm³/mol. The van der Waals surface area contributed by atoms with E-state index in [0.29, 0.717) is 6.04 Å². The van der Waals surface area contributed by atoms with Gasteiger partial charge < -0.3 is 5.32 Å². The average molecular weight is 283 g/mol. The Balaban J connectivity index is 1.79. The molecule has 2 aromatic rings. The third-order valence-corrected chi connectivity index (χ3v) is 4.08. The second-order valence-corrected chi connectivity index (χ2v) is 6.51. The van der Waals surface area contributed by atoms with Gasteiger partial charge in [-0.2, -0.15) is 5.10 Å². The summed E-state index contributed by atoms with van der Waals surface area (Å²) < 4.78 is 2.21. The number of hydrogen-bond donors (Lipinski definition) is 1. The Hall–Kier alpha value is -1.61. The summed E-state index contributed by atoms with van der Waals surface area (Å²) in [4.78, 5) is 0. The Kier molecular flexibility index (Phi) is 4.11. The first-order chi connectivity index (χ1) is 10.1. The first-order valence-corrected chi connectivity index (χ1v) is 7.97. The molecule has 0 saturated heterocycles. The molecule has 0 radical (unpaired) electrons. The normalized spacial score (nSPS) is 14.9. The van der Waals surface area contributed by atoms with E-state index in [1.807, 2.05) is 0 Å². The molecule has 112 valence electrons. The van der Waals surface area contributed by atoms with Crippen LogP contribution in [0.1, 0.15) is 55.0 Å². The zero-order valence-corrected chi connectivity index (χ0v) is 13.3. The SMILES string of the molecule is Cc1ccc(Cn2ncc(CNC(C)C)c2C2CC2)cc1. The Morgan fingerprint density at radius 1 is 1.24 bits per heavy atom. The molecule has 1 aliphatic carbocycles. The van der Waals surface area contributed by atoms with Crippen molar-refractivity contribution in [3.63, 3.8) is 0 Å². The largest absolute Gasteiger partial charge is 0.310 e. The molecule has 1 fully saturated rings. The van der Waals surface area contributed by atoms with Crippen molar-refractivity contribution in [2.75, 3.05) is 0 Å². The number of benzene rings is 1. The summed E-state index contributed by atoms with van der Waals surface area (Å²) in [5, 5.41) is 8.17. The van der Waals surface area contributed by atoms with Gasteiger partial charge in [-0.15, -0.1) is 0 Å². The molecule has 0 spiro atoms. The van der Waals surface area contributed by atoms with Crippen LogP contribution in [0.2, 0.25) is 0 Å². The van der Waals surface area contributed by atoms with Gasteiger partial charge in [0.1, 0.15) is 0 Å². The molecule has 1 N–H and O–H groups in total. The number of nitrogens with zero attached hydrogens (tertiary/aromatic N) is 2. The number of aryl methyl sites for hydroxylation is 1. The molecule has 1 heterocycles. The van der Waals surface area contributed by atoms with Crippen LogP contribution in [-0.4, -0.2) is 15.8 Å². The smallest absolute Gasteiger partial charge is 0.0662 e. The Bertz CT molecular complexity index is 591. The van der Waals surface area contributed by atoms with E-state index in [2.05, 4.69) is 66.3 Å². The summed E-state index contributed by atoms with van der Waals surface area (Å²) in [5.41, 5.74) is 5.46. The van der Waals surface area contributed by atoms with Crippen molar-refractivity contribution >= 4 is 0 Å². The molecule has 21 heavy (non-hydrogen) atoms. The predicted octanol–water partition coefficient (Wildman–Crippen LogP) is 3.62. The summed E-state index contributed by atoms with van der Waals surface area (Å²) in [7, 11) is 0. The van der Waals surface area contributed by atoms with Crippen LogP contribution in [0.3, 0.4) is 0 Å². The van der Waals surface area contributed by atoms with Gasteiger partial charge in [0, 0.05) is 29.8 Å². The standard InChI is InChI=1S/C18H25N3/c1-13(2)19-10-17-11-20-21(18(17)16-8-9-16)12-15-6-4-14(3)5-7-15/h4-7,11,13,16,19H,8-10,12H2,1-3H3. The van der Waals surface area contributed by atoms with E-state index in [1.54, 1.807) is 0 Å². The van der Waals surface area contributed by atoms with E-state index in [9.17, 15) is 0 Å². The molecular weight excluding hydrogens is 258 g/mol. The quantitative estimate of drug-likeness (QED) is 0.877. The molecule has 3 rings (SSSR count). The minimum atomic E-state index is 0.512. The lowest BCUT2D eigenvalue weighted by atomic mass is 10.1. The Labute approximate surface area is 127 Å². The summed E-state index contributed by atoms with van der Waals surface area (Å²) >= 11 is 0. The zero-order valence-electron chi connectivity index (χ0n) is 13.3. The maximum atomic E-state index is 4.65. The highest BCUT2D eigenvalue weighted by atomic mass is 15.3. The van der Waals surface area contributed by atoms with E-state index in [0.717, 1.165) is 19.0 Å². The minimum absolute atomic E-state index is 0.512. The Morgan fingerprint density at radius 3 is 2.57 bits per heavy atom. The number of nitrogens with one attached hydrogen (secondary N) is 1. The van der Waals surface area contributed by atoms with E-state index < -0.39 is 0 Å². The maximum absolute atomic E-state index is 4.65. The van der Waals surface area contributed by atoms with Crippen molar-refractivity contribution in [1.29, 1.82) is 0 Å². The third kappa shape index (κ3) is 3.53. The van der Waals surface area contributed by atoms with Crippen molar-refractivity contribution in [1.82, 2.24) is 15.1 Å². The number of aromatic nitrogens is 2. The molecule has 3 nitrogen and oxygen atoms in total. The van der Waals surface area contributed by atoms with Crippen LogP contribution >= 0.6 is 0 Å². The van der Waals surface area contributed by atoms with E-state index in [1.165, 1.54) is 35.2 Å². The second kappa shape index (κ2) is 6.02. The van der Waals surface area contributed by atoms with Crippen molar-refractivity contribution < 1.29 is 0 Å². The molecule has 0 aliphatic heterocycles. The average Bonchev–Trinajstić information content (AvgIpc) is 3.21. The maximum Gasteiger partial charge on any atom is 0.0662 e. The highest BCUT2D eigenvalue weighted by Crippen LogP contribution is 2.41. The van der Waals surface area contributed by atoms with Crippen LogP contribution in [0, 0.1) is 6.92 Å². The lowest BCUT2D eigenvalue weighted by Gasteiger charge is -2.11. The van der Waals surface area contributed by atoms with Gasteiger partial charge in [-0.25, -0.2) is 0 Å². The van der Waals surface area contributed by atoms with Gasteiger partial charge in [0.05, 0.1) is 12.7 Å². The van der Waals surface area contributed by atoms with Gasteiger partial charge in [0.15, 0.2) is 0 Å². The zero-order chi connectivity index (χ0) is 14.8. The fourth-order valence-electron chi connectivity index (χ4n) is 2.71. The minimum Gasteiger partial charge on any atom is -0.310 e. The number of hydrogen-bond acceptors (Lipinski definition) is 2. The van der Waals surface area contributed by atoms with Gasteiger partial charge in [-0.05, 0) is 25.3 Å². The molecule has 1 aromatic carbocycles. The van der Waals surface area contributed by atoms with E-state index in [-0.39, 0.29) is 0 Å². The van der Waals surface area contributed by atoms with Gasteiger partial charge in [0.25, 0.3) is 0 Å². The molecule has 1 aromatic heterocycles. The summed E-state index contributed by atoms with van der Waals surface area (Å²) in [6.07, 6.45) is 4.68. The topological polar surface area (TPSA) is 29.9 Å². The molecule has 0 amide bonds. The second-order valence-electron chi connectivity index (χ2n) is 6.51. The molecule has 0 bridgehead atoms. The number of rotatable bonds is 6. The first kappa shape index (κ1) is 14.3. The van der Waals surface area contributed by atoms with Gasteiger partial charge >= 0.3 is 0 Å². The molecular formula is C18H25N3. The van der Waals surface area contributed by atoms with Gasteiger partial charge in [-0.1, -0.05) is 43.7 Å². The van der Waals surface area contributed by atoms with E-state index >= 15 is 0 Å². The van der Waals surface area contributed by atoms with Gasteiger partial charge in [0.2, 0.25) is 0 Å². The third-order valence-electron chi connectivity index (χ3n) is 4.08. The summed E-state index contributed by atoms with van der Waals surface area (Å²) in [5.74, 6) is 0.724. The van der Waals surface area contributed by atoms with Crippen molar-refractivity contribution in [2.24, 2.45) is 0 Å². The lowest BCUT2D eigenvalue weighted by molar-refractivity contribution is 0.582. The monoisotopic (exact) mass is 283 g/mol. The molecule has 0 unspecified atom stereocenters. The van der Waals surface area contributed by atoms with Crippen LogP contribution in [-0.2, 0) is 13.1 Å².